The molecule has 178 valence electrons. The van der Waals surface area contributed by atoms with Crippen molar-refractivity contribution in [1.29, 1.82) is 0 Å². The monoisotopic (exact) mass is 493 g/mol. The average molecular weight is 494 g/mol. The Morgan fingerprint density at radius 2 is 1.91 bits per heavy atom. The summed E-state index contributed by atoms with van der Waals surface area (Å²) in [6, 6.07) is 16.2. The molecule has 4 rings (SSSR count). The number of halogens is 1. The van der Waals surface area contributed by atoms with Gasteiger partial charge in [0.15, 0.2) is 11.5 Å². The summed E-state index contributed by atoms with van der Waals surface area (Å²) in [5, 5.41) is 13.7. The number of rotatable bonds is 8. The Hall–Kier alpha value is -4.37. The van der Waals surface area contributed by atoms with Crippen molar-refractivity contribution in [3.63, 3.8) is 0 Å². The zero-order valence-corrected chi connectivity index (χ0v) is 19.3. The summed E-state index contributed by atoms with van der Waals surface area (Å²) in [5.41, 5.74) is 0.450. The molecule has 0 aliphatic heterocycles. The number of H-pyrrole nitrogens is 1. The van der Waals surface area contributed by atoms with Gasteiger partial charge in [0.25, 0.3) is 5.56 Å². The highest BCUT2D eigenvalue weighted by Gasteiger charge is 2.14. The Morgan fingerprint density at radius 3 is 2.69 bits per heavy atom. The molecule has 0 spiro atoms. The average Bonchev–Trinajstić information content (AvgIpc) is 2.84. The number of benzene rings is 3. The van der Waals surface area contributed by atoms with Crippen molar-refractivity contribution in [2.24, 2.45) is 5.10 Å². The van der Waals surface area contributed by atoms with Gasteiger partial charge in [-0.05, 0) is 54.4 Å². The minimum Gasteiger partial charge on any atom is -0.490 e. The molecule has 4 aromatic rings. The standard InChI is InChI=1S/C25H20ClN3O6/c1-2-34-21-12-16(13-27-29-23(30)18-8-3-4-9-20(18)28-25(29)33)11-19(26)22(21)35-14-15-6-5-7-17(10-15)24(31)32/h3-13H,2,14H2,1H3,(H,28,33)(H,31,32). The van der Waals surface area contributed by atoms with Gasteiger partial charge in [-0.25, -0.2) is 9.59 Å². The van der Waals surface area contributed by atoms with Crippen LogP contribution in [0.25, 0.3) is 10.9 Å². The van der Waals surface area contributed by atoms with Gasteiger partial charge in [0.1, 0.15) is 6.61 Å². The van der Waals surface area contributed by atoms with Gasteiger partial charge in [0.2, 0.25) is 0 Å². The van der Waals surface area contributed by atoms with Crippen LogP contribution in [0, 0.1) is 0 Å². The summed E-state index contributed by atoms with van der Waals surface area (Å²) < 4.78 is 12.2. The van der Waals surface area contributed by atoms with Gasteiger partial charge in [-0.15, -0.1) is 4.68 Å². The molecule has 10 heteroatoms. The summed E-state index contributed by atoms with van der Waals surface area (Å²) in [7, 11) is 0. The van der Waals surface area contributed by atoms with Crippen LogP contribution in [0.4, 0.5) is 0 Å². The van der Waals surface area contributed by atoms with Crippen molar-refractivity contribution in [1.82, 2.24) is 9.66 Å². The Balaban J connectivity index is 1.63. The molecule has 0 aliphatic carbocycles. The summed E-state index contributed by atoms with van der Waals surface area (Å²) in [4.78, 5) is 38.8. The van der Waals surface area contributed by atoms with Crippen molar-refractivity contribution in [3.8, 4) is 11.5 Å². The largest absolute Gasteiger partial charge is 0.490 e. The Labute approximate surface area is 203 Å². The fraction of sp³-hybridized carbons (Fsp3) is 0.120. The fourth-order valence-corrected chi connectivity index (χ4v) is 3.67. The number of carbonyl (C=O) groups is 1. The van der Waals surface area contributed by atoms with E-state index in [1.54, 1.807) is 55.5 Å². The van der Waals surface area contributed by atoms with Crippen LogP contribution in [0.3, 0.4) is 0 Å². The van der Waals surface area contributed by atoms with Crippen LogP contribution in [-0.2, 0) is 6.61 Å². The molecule has 0 radical (unpaired) electrons. The van der Waals surface area contributed by atoms with Crippen molar-refractivity contribution in [3.05, 3.63) is 103 Å². The number of hydrogen-bond donors (Lipinski definition) is 2. The number of para-hydroxylation sites is 1. The van der Waals surface area contributed by atoms with Gasteiger partial charge >= 0.3 is 11.7 Å². The number of hydrogen-bond acceptors (Lipinski definition) is 6. The van der Waals surface area contributed by atoms with E-state index in [0.717, 1.165) is 4.68 Å². The molecule has 0 aliphatic rings. The highest BCUT2D eigenvalue weighted by atomic mass is 35.5. The first-order valence-electron chi connectivity index (χ1n) is 10.6. The predicted molar refractivity (Wildman–Crippen MR) is 132 cm³/mol. The van der Waals surface area contributed by atoms with Crippen LogP contribution in [0.1, 0.15) is 28.4 Å². The minimum atomic E-state index is -1.03. The van der Waals surface area contributed by atoms with Gasteiger partial charge in [-0.2, -0.15) is 5.10 Å². The van der Waals surface area contributed by atoms with Gasteiger partial charge in [-0.3, -0.25) is 4.79 Å². The molecule has 1 heterocycles. The smallest absolute Gasteiger partial charge is 0.349 e. The van der Waals surface area contributed by atoms with Gasteiger partial charge in [0.05, 0.1) is 34.3 Å². The first-order chi connectivity index (χ1) is 16.9. The first kappa shape index (κ1) is 23.8. The second-order valence-corrected chi connectivity index (χ2v) is 7.80. The molecule has 0 saturated heterocycles. The molecule has 0 amide bonds. The maximum Gasteiger partial charge on any atom is 0.349 e. The molecule has 0 atom stereocenters. The van der Waals surface area contributed by atoms with Crippen LogP contribution >= 0.6 is 11.6 Å². The third-order valence-corrected chi connectivity index (χ3v) is 5.28. The lowest BCUT2D eigenvalue weighted by molar-refractivity contribution is 0.0696. The van der Waals surface area contributed by atoms with E-state index in [9.17, 15) is 14.4 Å². The molecule has 9 nitrogen and oxygen atoms in total. The van der Waals surface area contributed by atoms with Crippen molar-refractivity contribution in [2.75, 3.05) is 6.61 Å². The molecular weight excluding hydrogens is 474 g/mol. The Kier molecular flexibility index (Phi) is 6.98. The summed E-state index contributed by atoms with van der Waals surface area (Å²) in [6.07, 6.45) is 1.32. The quantitative estimate of drug-likeness (QED) is 0.359. The molecule has 0 saturated carbocycles. The van der Waals surface area contributed by atoms with E-state index in [1.165, 1.54) is 18.3 Å². The number of fused-ring (bicyclic) bond motifs is 1. The lowest BCUT2D eigenvalue weighted by Gasteiger charge is -2.14. The van der Waals surface area contributed by atoms with Gasteiger partial charge in [0, 0.05) is 0 Å². The molecular formula is C25H20ClN3O6. The topological polar surface area (TPSA) is 123 Å². The van der Waals surface area contributed by atoms with Crippen molar-refractivity contribution >= 4 is 34.7 Å². The van der Waals surface area contributed by atoms with Crippen LogP contribution in [-0.4, -0.2) is 33.6 Å². The number of aromatic amines is 1. The molecule has 35 heavy (non-hydrogen) atoms. The maximum absolute atomic E-state index is 12.7. The van der Waals surface area contributed by atoms with E-state index in [4.69, 9.17) is 26.2 Å². The zero-order chi connectivity index (χ0) is 24.9. The SMILES string of the molecule is CCOc1cc(C=Nn2c(=O)[nH]c3ccccc3c2=O)cc(Cl)c1OCc1cccc(C(=O)O)c1. The number of aromatic nitrogens is 2. The summed E-state index contributed by atoms with van der Waals surface area (Å²) >= 11 is 6.44. The van der Waals surface area contributed by atoms with Crippen molar-refractivity contribution < 1.29 is 19.4 Å². The van der Waals surface area contributed by atoms with E-state index in [0.29, 0.717) is 34.4 Å². The summed E-state index contributed by atoms with van der Waals surface area (Å²) in [6.45, 7) is 2.19. The third-order valence-electron chi connectivity index (χ3n) is 4.99. The second kappa shape index (κ2) is 10.3. The van der Waals surface area contributed by atoms with E-state index in [1.807, 2.05) is 0 Å². The van der Waals surface area contributed by atoms with E-state index < -0.39 is 17.2 Å². The number of aromatic carboxylic acids is 1. The Bertz CT molecular complexity index is 1560. The molecule has 3 aromatic carbocycles. The number of carboxylic acid groups (broad SMARTS) is 1. The van der Waals surface area contributed by atoms with E-state index in [-0.39, 0.29) is 22.9 Å². The first-order valence-corrected chi connectivity index (χ1v) is 10.9. The highest BCUT2D eigenvalue weighted by Crippen LogP contribution is 2.37. The highest BCUT2D eigenvalue weighted by molar-refractivity contribution is 6.32. The van der Waals surface area contributed by atoms with Crippen LogP contribution in [0.2, 0.25) is 5.02 Å². The minimum absolute atomic E-state index is 0.0657. The molecule has 0 unspecified atom stereocenters. The zero-order valence-electron chi connectivity index (χ0n) is 18.5. The molecule has 2 N–H and O–H groups in total. The number of nitrogens with one attached hydrogen (secondary N) is 1. The summed E-state index contributed by atoms with van der Waals surface area (Å²) in [5.74, 6) is -0.435. The molecule has 0 fully saturated rings. The van der Waals surface area contributed by atoms with Gasteiger partial charge < -0.3 is 19.6 Å². The second-order valence-electron chi connectivity index (χ2n) is 7.39. The van der Waals surface area contributed by atoms with E-state index in [2.05, 4.69) is 10.1 Å². The van der Waals surface area contributed by atoms with Crippen molar-refractivity contribution in [2.45, 2.75) is 13.5 Å². The number of ether oxygens (including phenoxy) is 2. The number of carboxylic acids is 1. The van der Waals surface area contributed by atoms with Crippen LogP contribution in [0.5, 0.6) is 11.5 Å². The lowest BCUT2D eigenvalue weighted by atomic mass is 10.1. The predicted octanol–water partition coefficient (Wildman–Crippen LogP) is 3.90. The molecule has 0 bridgehead atoms. The van der Waals surface area contributed by atoms with Gasteiger partial charge in [-0.1, -0.05) is 35.9 Å². The Morgan fingerprint density at radius 1 is 1.11 bits per heavy atom. The van der Waals surface area contributed by atoms with Crippen LogP contribution < -0.4 is 20.7 Å². The van der Waals surface area contributed by atoms with Crippen LogP contribution in [0.15, 0.2) is 75.4 Å². The lowest BCUT2D eigenvalue weighted by Crippen LogP contribution is -2.32. The number of nitrogens with zero attached hydrogens (tertiary/aromatic N) is 2. The normalized spacial score (nSPS) is 11.1. The fourth-order valence-electron chi connectivity index (χ4n) is 3.40. The third kappa shape index (κ3) is 5.25. The van der Waals surface area contributed by atoms with E-state index >= 15 is 0 Å². The molecule has 1 aromatic heterocycles. The maximum atomic E-state index is 12.7.